The van der Waals surface area contributed by atoms with E-state index in [1.807, 2.05) is 0 Å². The summed E-state index contributed by atoms with van der Waals surface area (Å²) in [6.45, 7) is 0. The van der Waals surface area contributed by atoms with Crippen molar-refractivity contribution >= 4 is 7.60 Å². The Morgan fingerprint density at radius 1 is 1.50 bits per heavy atom. The first kappa shape index (κ1) is 11.2. The van der Waals surface area contributed by atoms with Gasteiger partial charge in [0.2, 0.25) is 0 Å². The summed E-state index contributed by atoms with van der Waals surface area (Å²) in [7, 11) is -4.43. The Kier molecular flexibility index (Phi) is 2.71. The standard InChI is InChI=1S/C5H5F3NO4P/c6-5(7,8)4-1-3(13-9-4)2-14(10,11)12/h1H,2H2,(H2,10,11,12). The Bertz CT molecular complexity index is 367. The summed E-state index contributed by atoms with van der Waals surface area (Å²) < 4.78 is 50.2. The molecule has 0 atom stereocenters. The van der Waals surface area contributed by atoms with Crippen LogP contribution in [0.25, 0.3) is 0 Å². The number of nitrogens with zero attached hydrogens (tertiary/aromatic N) is 1. The molecular formula is C5H5F3NO4P. The molecule has 0 aliphatic rings. The Morgan fingerprint density at radius 3 is 2.43 bits per heavy atom. The number of halogens is 3. The Hall–Kier alpha value is -0.850. The van der Waals surface area contributed by atoms with E-state index in [1.165, 1.54) is 0 Å². The SMILES string of the molecule is O=P(O)(O)Cc1cc(C(F)(F)F)no1. The quantitative estimate of drug-likeness (QED) is 0.751. The van der Waals surface area contributed by atoms with E-state index in [4.69, 9.17) is 9.79 Å². The molecule has 9 heteroatoms. The first-order chi connectivity index (χ1) is 6.18. The molecule has 0 saturated carbocycles. The van der Waals surface area contributed by atoms with Crippen LogP contribution < -0.4 is 0 Å². The highest BCUT2D eigenvalue weighted by atomic mass is 31.2. The predicted octanol–water partition coefficient (Wildman–Crippen LogP) is 1.37. The lowest BCUT2D eigenvalue weighted by Crippen LogP contribution is -2.04. The largest absolute Gasteiger partial charge is 0.436 e. The van der Waals surface area contributed by atoms with Crippen LogP contribution in [0.3, 0.4) is 0 Å². The van der Waals surface area contributed by atoms with Gasteiger partial charge in [0.25, 0.3) is 0 Å². The number of hydrogen-bond donors (Lipinski definition) is 2. The van der Waals surface area contributed by atoms with Crippen molar-refractivity contribution in [1.29, 1.82) is 0 Å². The summed E-state index contributed by atoms with van der Waals surface area (Å²) >= 11 is 0. The summed E-state index contributed by atoms with van der Waals surface area (Å²) in [5.41, 5.74) is -1.30. The minimum atomic E-state index is -4.67. The van der Waals surface area contributed by atoms with Crippen molar-refractivity contribution in [2.24, 2.45) is 0 Å². The maximum absolute atomic E-state index is 11.9. The molecule has 1 aromatic rings. The van der Waals surface area contributed by atoms with Crippen LogP contribution in [0.1, 0.15) is 11.5 Å². The average molecular weight is 231 g/mol. The maximum atomic E-state index is 11.9. The van der Waals surface area contributed by atoms with Crippen molar-refractivity contribution in [1.82, 2.24) is 5.16 Å². The minimum absolute atomic E-state index is 0.457. The highest BCUT2D eigenvalue weighted by Crippen LogP contribution is 2.40. The molecule has 1 rings (SSSR count). The third-order valence-corrected chi connectivity index (χ3v) is 1.93. The second-order valence-electron chi connectivity index (χ2n) is 2.50. The molecule has 0 saturated heterocycles. The molecule has 0 unspecified atom stereocenters. The maximum Gasteiger partial charge on any atom is 0.436 e. The second-order valence-corrected chi connectivity index (χ2v) is 4.14. The van der Waals surface area contributed by atoms with Crippen LogP contribution in [0.4, 0.5) is 13.2 Å². The van der Waals surface area contributed by atoms with E-state index >= 15 is 0 Å². The Morgan fingerprint density at radius 2 is 2.07 bits per heavy atom. The van der Waals surface area contributed by atoms with Gasteiger partial charge in [-0.1, -0.05) is 5.16 Å². The van der Waals surface area contributed by atoms with Crippen molar-refractivity contribution in [3.05, 3.63) is 17.5 Å². The first-order valence-electron chi connectivity index (χ1n) is 3.26. The highest BCUT2D eigenvalue weighted by Gasteiger charge is 2.35. The van der Waals surface area contributed by atoms with Crippen molar-refractivity contribution in [3.8, 4) is 0 Å². The predicted molar refractivity (Wildman–Crippen MR) is 37.3 cm³/mol. The number of alkyl halides is 3. The topological polar surface area (TPSA) is 83.6 Å². The lowest BCUT2D eigenvalue weighted by Gasteiger charge is -1.98. The van der Waals surface area contributed by atoms with Crippen molar-refractivity contribution in [3.63, 3.8) is 0 Å². The van der Waals surface area contributed by atoms with Crippen LogP contribution in [-0.2, 0) is 16.9 Å². The normalized spacial score (nSPS) is 13.2. The van der Waals surface area contributed by atoms with Gasteiger partial charge in [-0.15, -0.1) is 0 Å². The molecule has 0 radical (unpaired) electrons. The van der Waals surface area contributed by atoms with Gasteiger partial charge < -0.3 is 14.3 Å². The van der Waals surface area contributed by atoms with Gasteiger partial charge in [0.1, 0.15) is 11.9 Å². The summed E-state index contributed by atoms with van der Waals surface area (Å²) in [6.07, 6.45) is -5.56. The van der Waals surface area contributed by atoms with E-state index < -0.39 is 31.4 Å². The van der Waals surface area contributed by atoms with Crippen LogP contribution in [0, 0.1) is 0 Å². The zero-order chi connectivity index (χ0) is 11.0. The summed E-state index contributed by atoms with van der Waals surface area (Å²) in [4.78, 5) is 16.9. The molecule has 0 aromatic carbocycles. The van der Waals surface area contributed by atoms with E-state index in [0.29, 0.717) is 6.07 Å². The number of rotatable bonds is 2. The molecule has 80 valence electrons. The fourth-order valence-electron chi connectivity index (χ4n) is 0.724. The third kappa shape index (κ3) is 3.13. The van der Waals surface area contributed by atoms with Crippen molar-refractivity contribution in [2.45, 2.75) is 12.3 Å². The lowest BCUT2D eigenvalue weighted by molar-refractivity contribution is -0.142. The first-order valence-corrected chi connectivity index (χ1v) is 5.05. The molecular weight excluding hydrogens is 226 g/mol. The summed E-state index contributed by atoms with van der Waals surface area (Å²) in [5, 5.41) is 2.63. The number of hydrogen-bond acceptors (Lipinski definition) is 3. The fraction of sp³-hybridized carbons (Fsp3) is 0.400. The molecule has 1 aromatic heterocycles. The van der Waals surface area contributed by atoms with Gasteiger partial charge in [-0.3, -0.25) is 4.57 Å². The molecule has 1 heterocycles. The van der Waals surface area contributed by atoms with Gasteiger partial charge in [-0.2, -0.15) is 13.2 Å². The molecule has 0 bridgehead atoms. The van der Waals surface area contributed by atoms with Gasteiger partial charge in [0, 0.05) is 6.07 Å². The zero-order valence-corrected chi connectivity index (χ0v) is 7.42. The van der Waals surface area contributed by atoms with E-state index in [0.717, 1.165) is 0 Å². The molecule has 5 nitrogen and oxygen atoms in total. The zero-order valence-electron chi connectivity index (χ0n) is 6.52. The molecule has 0 aliphatic heterocycles. The molecule has 0 aliphatic carbocycles. The van der Waals surface area contributed by atoms with Crippen molar-refractivity contribution in [2.75, 3.05) is 0 Å². The van der Waals surface area contributed by atoms with Gasteiger partial charge in [0.15, 0.2) is 5.69 Å². The molecule has 2 N–H and O–H groups in total. The van der Waals surface area contributed by atoms with Crippen LogP contribution >= 0.6 is 7.60 Å². The monoisotopic (exact) mass is 231 g/mol. The summed E-state index contributed by atoms with van der Waals surface area (Å²) in [5.74, 6) is -0.495. The smallest absolute Gasteiger partial charge is 0.360 e. The van der Waals surface area contributed by atoms with Gasteiger partial charge in [-0.25, -0.2) is 0 Å². The lowest BCUT2D eigenvalue weighted by atomic mass is 10.4. The van der Waals surface area contributed by atoms with E-state index in [9.17, 15) is 17.7 Å². The summed E-state index contributed by atoms with van der Waals surface area (Å²) in [6, 6.07) is 0.457. The second kappa shape index (κ2) is 3.38. The highest BCUT2D eigenvalue weighted by molar-refractivity contribution is 7.50. The minimum Gasteiger partial charge on any atom is -0.360 e. The number of aromatic nitrogens is 1. The van der Waals surface area contributed by atoms with Crippen LogP contribution in [0.15, 0.2) is 10.6 Å². The molecule has 0 amide bonds. The van der Waals surface area contributed by atoms with E-state index in [1.54, 1.807) is 0 Å². The molecule has 0 fully saturated rings. The van der Waals surface area contributed by atoms with E-state index in [2.05, 4.69) is 9.68 Å². The van der Waals surface area contributed by atoms with Crippen LogP contribution in [0.5, 0.6) is 0 Å². The van der Waals surface area contributed by atoms with Crippen LogP contribution in [-0.4, -0.2) is 14.9 Å². The third-order valence-electron chi connectivity index (χ3n) is 1.21. The van der Waals surface area contributed by atoms with Gasteiger partial charge >= 0.3 is 13.8 Å². The van der Waals surface area contributed by atoms with Gasteiger partial charge in [-0.05, 0) is 0 Å². The Balaban J connectivity index is 2.85. The Labute approximate surface area is 75.7 Å². The van der Waals surface area contributed by atoms with Crippen LogP contribution in [0.2, 0.25) is 0 Å². The van der Waals surface area contributed by atoms with Crippen molar-refractivity contribution < 1.29 is 32.0 Å². The average Bonchev–Trinajstić information content (AvgIpc) is 2.29. The van der Waals surface area contributed by atoms with E-state index in [-0.39, 0.29) is 0 Å². The molecule has 0 spiro atoms. The van der Waals surface area contributed by atoms with Gasteiger partial charge in [0.05, 0.1) is 0 Å². The fourth-order valence-corrected chi connectivity index (χ4v) is 1.28. The molecule has 14 heavy (non-hydrogen) atoms.